The molecular formula is C16H12ClF3N4O2S. The molecule has 6 nitrogen and oxygen atoms in total. The molecule has 0 radical (unpaired) electrons. The predicted octanol–water partition coefficient (Wildman–Crippen LogP) is 4.89. The number of nitrogens with zero attached hydrogens (tertiary/aromatic N) is 4. The zero-order valence-corrected chi connectivity index (χ0v) is 15.3. The van der Waals surface area contributed by atoms with Crippen LogP contribution >= 0.6 is 22.9 Å². The van der Waals surface area contributed by atoms with Gasteiger partial charge >= 0.3 is 6.18 Å². The highest BCUT2D eigenvalue weighted by Crippen LogP contribution is 2.36. The normalized spacial score (nSPS) is 11.9. The standard InChI is InChI=1S/C16H12ClF3N4O2S/c1-24-14(26-10-5-3-2-4-6-10)12(13(23-24)16(18,19)20)8-22-25-9-11-7-21-15(17)27-11/h2-8H,9H2,1H3/b22-8+. The molecular weight excluding hydrogens is 405 g/mol. The fourth-order valence-electron chi connectivity index (χ4n) is 2.11. The SMILES string of the molecule is Cn1nc(C(F)(F)F)c(/C=N/OCc2cnc(Cl)s2)c1Oc1ccccc1. The third kappa shape index (κ3) is 4.77. The van der Waals surface area contributed by atoms with E-state index in [-0.39, 0.29) is 18.1 Å². The van der Waals surface area contributed by atoms with Crippen molar-refractivity contribution < 1.29 is 22.7 Å². The van der Waals surface area contributed by atoms with E-state index >= 15 is 0 Å². The summed E-state index contributed by atoms with van der Waals surface area (Å²) >= 11 is 6.89. The fourth-order valence-corrected chi connectivity index (χ4v) is 3.00. The smallest absolute Gasteiger partial charge is 0.435 e. The minimum atomic E-state index is -4.68. The molecule has 0 aliphatic heterocycles. The minimum Gasteiger partial charge on any atom is -0.439 e. The second-order valence-electron chi connectivity index (χ2n) is 5.19. The highest BCUT2D eigenvalue weighted by molar-refractivity contribution is 7.15. The Hall–Kier alpha value is -2.59. The van der Waals surface area contributed by atoms with E-state index < -0.39 is 11.9 Å². The van der Waals surface area contributed by atoms with E-state index in [1.54, 1.807) is 30.3 Å². The molecule has 142 valence electrons. The topological polar surface area (TPSA) is 61.5 Å². The van der Waals surface area contributed by atoms with Crippen molar-refractivity contribution in [2.45, 2.75) is 12.8 Å². The maximum absolute atomic E-state index is 13.3. The first-order chi connectivity index (χ1) is 12.8. The zero-order chi connectivity index (χ0) is 19.4. The molecule has 11 heteroatoms. The Balaban J connectivity index is 1.85. The predicted molar refractivity (Wildman–Crippen MR) is 94.2 cm³/mol. The van der Waals surface area contributed by atoms with Crippen LogP contribution in [0, 0.1) is 0 Å². The van der Waals surface area contributed by atoms with Crippen LogP contribution in [0.15, 0.2) is 41.7 Å². The molecule has 3 rings (SSSR count). The van der Waals surface area contributed by atoms with Crippen LogP contribution in [-0.4, -0.2) is 21.0 Å². The summed E-state index contributed by atoms with van der Waals surface area (Å²) in [6, 6.07) is 8.40. The van der Waals surface area contributed by atoms with E-state index in [9.17, 15) is 13.2 Å². The molecule has 0 aliphatic carbocycles. The van der Waals surface area contributed by atoms with Gasteiger partial charge in [0.25, 0.3) is 0 Å². The van der Waals surface area contributed by atoms with E-state index in [1.165, 1.54) is 24.6 Å². The summed E-state index contributed by atoms with van der Waals surface area (Å²) in [7, 11) is 1.35. The monoisotopic (exact) mass is 416 g/mol. The summed E-state index contributed by atoms with van der Waals surface area (Å²) in [4.78, 5) is 9.56. The third-order valence-corrected chi connectivity index (χ3v) is 4.33. The molecule has 2 heterocycles. The van der Waals surface area contributed by atoms with Gasteiger partial charge in [-0.2, -0.15) is 18.3 Å². The van der Waals surface area contributed by atoms with E-state index in [0.717, 1.165) is 10.9 Å². The van der Waals surface area contributed by atoms with Crippen molar-refractivity contribution in [3.63, 3.8) is 0 Å². The van der Waals surface area contributed by atoms with Crippen molar-refractivity contribution >= 4 is 29.2 Å². The summed E-state index contributed by atoms with van der Waals surface area (Å²) in [5.74, 6) is 0.255. The molecule has 0 amide bonds. The number of hydrogen-bond acceptors (Lipinski definition) is 6. The molecule has 0 saturated heterocycles. The van der Waals surface area contributed by atoms with Crippen molar-refractivity contribution in [3.8, 4) is 11.6 Å². The first-order valence-corrected chi connectivity index (χ1v) is 8.66. The van der Waals surface area contributed by atoms with Crippen LogP contribution in [0.4, 0.5) is 13.2 Å². The number of aryl methyl sites for hydroxylation is 1. The van der Waals surface area contributed by atoms with Crippen LogP contribution < -0.4 is 4.74 Å². The quantitative estimate of drug-likeness (QED) is 0.424. The molecule has 0 atom stereocenters. The number of aromatic nitrogens is 3. The lowest BCUT2D eigenvalue weighted by atomic mass is 10.2. The van der Waals surface area contributed by atoms with Gasteiger partial charge < -0.3 is 9.57 Å². The molecule has 1 aromatic carbocycles. The number of alkyl halides is 3. The van der Waals surface area contributed by atoms with Crippen molar-refractivity contribution in [3.05, 3.63) is 57.1 Å². The Morgan fingerprint density at radius 1 is 1.30 bits per heavy atom. The summed E-state index contributed by atoms with van der Waals surface area (Å²) in [5, 5.41) is 7.13. The Morgan fingerprint density at radius 3 is 2.67 bits per heavy atom. The van der Waals surface area contributed by atoms with Gasteiger partial charge in [-0.05, 0) is 12.1 Å². The molecule has 0 fully saturated rings. The third-order valence-electron chi connectivity index (χ3n) is 3.24. The Kier molecular flexibility index (Phi) is 5.66. The number of hydrogen-bond donors (Lipinski definition) is 0. The first-order valence-electron chi connectivity index (χ1n) is 7.47. The van der Waals surface area contributed by atoms with Crippen LogP contribution in [0.5, 0.6) is 11.6 Å². The number of rotatable bonds is 6. The highest BCUT2D eigenvalue weighted by atomic mass is 35.5. The number of oxime groups is 1. The van der Waals surface area contributed by atoms with Crippen molar-refractivity contribution in [1.29, 1.82) is 0 Å². The van der Waals surface area contributed by atoms with Crippen molar-refractivity contribution in [2.24, 2.45) is 12.2 Å². The van der Waals surface area contributed by atoms with E-state index in [2.05, 4.69) is 15.2 Å². The van der Waals surface area contributed by atoms with E-state index in [1.807, 2.05) is 0 Å². The Bertz CT molecular complexity index is 941. The van der Waals surface area contributed by atoms with E-state index in [4.69, 9.17) is 21.2 Å². The largest absolute Gasteiger partial charge is 0.439 e. The fraction of sp³-hybridized carbons (Fsp3) is 0.188. The Labute approximate surface area is 160 Å². The maximum Gasteiger partial charge on any atom is 0.435 e. The van der Waals surface area contributed by atoms with Crippen LogP contribution in [0.1, 0.15) is 16.1 Å². The van der Waals surface area contributed by atoms with Crippen molar-refractivity contribution in [1.82, 2.24) is 14.8 Å². The molecule has 0 unspecified atom stereocenters. The van der Waals surface area contributed by atoms with Crippen LogP contribution in [-0.2, 0) is 24.7 Å². The van der Waals surface area contributed by atoms with Gasteiger partial charge in [0, 0.05) is 13.2 Å². The van der Waals surface area contributed by atoms with Gasteiger partial charge in [-0.3, -0.25) is 0 Å². The lowest BCUT2D eigenvalue weighted by molar-refractivity contribution is -0.141. The summed E-state index contributed by atoms with van der Waals surface area (Å²) in [6.45, 7) is 0.0252. The molecule has 2 aromatic heterocycles. The van der Waals surface area contributed by atoms with Gasteiger partial charge in [0.1, 0.15) is 5.75 Å². The van der Waals surface area contributed by atoms with Gasteiger partial charge in [-0.1, -0.05) is 35.0 Å². The lowest BCUT2D eigenvalue weighted by Crippen LogP contribution is -2.09. The second-order valence-corrected chi connectivity index (χ2v) is 6.89. The Morgan fingerprint density at radius 2 is 2.04 bits per heavy atom. The second kappa shape index (κ2) is 7.97. The summed E-state index contributed by atoms with van der Waals surface area (Å²) < 4.78 is 46.8. The van der Waals surface area contributed by atoms with Crippen LogP contribution in [0.2, 0.25) is 4.47 Å². The average molecular weight is 417 g/mol. The van der Waals surface area contributed by atoms with Crippen LogP contribution in [0.3, 0.4) is 0 Å². The lowest BCUT2D eigenvalue weighted by Gasteiger charge is -2.07. The summed E-state index contributed by atoms with van der Waals surface area (Å²) in [5.41, 5.74) is -1.46. The molecule has 0 bridgehead atoms. The summed E-state index contributed by atoms with van der Waals surface area (Å²) in [6.07, 6.45) is -2.25. The number of para-hydroxylation sites is 1. The maximum atomic E-state index is 13.3. The number of ether oxygens (including phenoxy) is 1. The average Bonchev–Trinajstić information content (AvgIpc) is 3.17. The molecule has 27 heavy (non-hydrogen) atoms. The number of thiazole rings is 1. The number of benzene rings is 1. The zero-order valence-electron chi connectivity index (χ0n) is 13.8. The van der Waals surface area contributed by atoms with Gasteiger partial charge in [0.05, 0.1) is 16.7 Å². The van der Waals surface area contributed by atoms with Gasteiger partial charge in [0.15, 0.2) is 16.8 Å². The first kappa shape index (κ1) is 19.2. The van der Waals surface area contributed by atoms with Gasteiger partial charge in [-0.25, -0.2) is 9.67 Å². The molecule has 0 spiro atoms. The minimum absolute atomic E-state index is 0.0252. The highest BCUT2D eigenvalue weighted by Gasteiger charge is 2.39. The van der Waals surface area contributed by atoms with Crippen LogP contribution in [0.25, 0.3) is 0 Å². The van der Waals surface area contributed by atoms with E-state index in [0.29, 0.717) is 15.1 Å². The molecule has 0 N–H and O–H groups in total. The molecule has 0 aliphatic rings. The molecule has 0 saturated carbocycles. The van der Waals surface area contributed by atoms with Gasteiger partial charge in [0.2, 0.25) is 5.88 Å². The van der Waals surface area contributed by atoms with Gasteiger partial charge in [-0.15, -0.1) is 11.3 Å². The molecule has 3 aromatic rings. The van der Waals surface area contributed by atoms with Crippen molar-refractivity contribution in [2.75, 3.05) is 0 Å². The number of halogens is 4.